The summed E-state index contributed by atoms with van der Waals surface area (Å²) in [5.41, 5.74) is 8.21. The molecular weight excluding hydrogens is 324 g/mol. The van der Waals surface area contributed by atoms with Gasteiger partial charge in [0.2, 0.25) is 0 Å². The highest BCUT2D eigenvalue weighted by atomic mass is 35.5. The van der Waals surface area contributed by atoms with Crippen LogP contribution in [0.15, 0.2) is 54.6 Å². The van der Waals surface area contributed by atoms with Crippen molar-refractivity contribution in [3.05, 3.63) is 65.7 Å². The van der Waals surface area contributed by atoms with E-state index in [4.69, 9.17) is 10.5 Å². The van der Waals surface area contributed by atoms with Crippen molar-refractivity contribution >= 4 is 24.0 Å². The molecule has 2 aromatic carbocycles. The molecule has 5 heteroatoms. The van der Waals surface area contributed by atoms with Gasteiger partial charge in [-0.15, -0.1) is 12.4 Å². The molecule has 0 radical (unpaired) electrons. The Kier molecular flexibility index (Phi) is 6.64. The third-order valence-corrected chi connectivity index (χ3v) is 4.25. The van der Waals surface area contributed by atoms with E-state index in [-0.39, 0.29) is 24.4 Å². The van der Waals surface area contributed by atoms with Crippen molar-refractivity contribution in [2.75, 3.05) is 18.8 Å². The number of nitrogen functional groups attached to an aromatic ring is 1. The summed E-state index contributed by atoms with van der Waals surface area (Å²) in [6, 6.07) is 17.4. The lowest BCUT2D eigenvalue weighted by Gasteiger charge is -2.32. The van der Waals surface area contributed by atoms with E-state index in [1.54, 1.807) is 12.1 Å². The summed E-state index contributed by atoms with van der Waals surface area (Å²) in [6.07, 6.45) is 1.95. The summed E-state index contributed by atoms with van der Waals surface area (Å²) in [6.45, 7) is 2.06. The van der Waals surface area contributed by atoms with Gasteiger partial charge in [0.1, 0.15) is 0 Å². The monoisotopic (exact) mass is 346 g/mol. The minimum absolute atomic E-state index is 0. The Morgan fingerprint density at radius 1 is 1.04 bits per heavy atom. The van der Waals surface area contributed by atoms with Gasteiger partial charge in [-0.25, -0.2) is 0 Å². The molecule has 128 valence electrons. The van der Waals surface area contributed by atoms with Gasteiger partial charge in [-0.2, -0.15) is 0 Å². The zero-order chi connectivity index (χ0) is 16.1. The molecule has 0 unspecified atom stereocenters. The third-order valence-electron chi connectivity index (χ3n) is 4.25. The second-order valence-corrected chi connectivity index (χ2v) is 5.88. The fraction of sp³-hybridized carbons (Fsp3) is 0.316. The van der Waals surface area contributed by atoms with E-state index in [1.807, 2.05) is 35.2 Å². The normalized spacial score (nSPS) is 14.9. The molecule has 1 aliphatic rings. The number of likely N-dealkylation sites (tertiary alicyclic amines) is 1. The molecule has 3 rings (SSSR count). The van der Waals surface area contributed by atoms with Crippen LogP contribution >= 0.6 is 12.4 Å². The molecule has 2 aromatic rings. The summed E-state index contributed by atoms with van der Waals surface area (Å²) in [4.78, 5) is 14.4. The van der Waals surface area contributed by atoms with Gasteiger partial charge < -0.3 is 15.4 Å². The van der Waals surface area contributed by atoms with E-state index in [0.29, 0.717) is 30.9 Å². The van der Waals surface area contributed by atoms with Crippen molar-refractivity contribution in [2.24, 2.45) is 0 Å². The van der Waals surface area contributed by atoms with Crippen molar-refractivity contribution in [2.45, 2.75) is 25.6 Å². The molecule has 24 heavy (non-hydrogen) atoms. The molecule has 1 heterocycles. The van der Waals surface area contributed by atoms with Crippen molar-refractivity contribution in [1.82, 2.24) is 4.90 Å². The molecule has 1 aliphatic heterocycles. The lowest BCUT2D eigenvalue weighted by atomic mass is 10.1. The van der Waals surface area contributed by atoms with E-state index in [0.717, 1.165) is 12.8 Å². The quantitative estimate of drug-likeness (QED) is 0.862. The average molecular weight is 347 g/mol. The van der Waals surface area contributed by atoms with Crippen LogP contribution in [-0.2, 0) is 11.3 Å². The second kappa shape index (κ2) is 8.71. The number of nitrogens with two attached hydrogens (primary N) is 1. The number of hydrogen-bond acceptors (Lipinski definition) is 3. The minimum atomic E-state index is 0. The number of amides is 1. The first-order valence-electron chi connectivity index (χ1n) is 8.03. The summed E-state index contributed by atoms with van der Waals surface area (Å²) in [5, 5.41) is 0. The lowest BCUT2D eigenvalue weighted by molar-refractivity contribution is -0.000354. The summed E-state index contributed by atoms with van der Waals surface area (Å²) in [7, 11) is 0. The van der Waals surface area contributed by atoms with Crippen LogP contribution in [0.2, 0.25) is 0 Å². The Morgan fingerprint density at radius 3 is 2.33 bits per heavy atom. The molecule has 4 nitrogen and oxygen atoms in total. The van der Waals surface area contributed by atoms with Gasteiger partial charge in [0, 0.05) is 18.8 Å². The Morgan fingerprint density at radius 2 is 1.67 bits per heavy atom. The SMILES string of the molecule is Cl.Nc1ccccc1C(=O)N1CCC(OCc2ccccc2)CC1. The molecule has 1 amide bonds. The molecule has 1 saturated heterocycles. The first kappa shape index (κ1) is 18.3. The number of piperidine rings is 1. The number of benzene rings is 2. The number of halogens is 1. The average Bonchev–Trinajstić information content (AvgIpc) is 2.61. The zero-order valence-electron chi connectivity index (χ0n) is 13.6. The van der Waals surface area contributed by atoms with Gasteiger partial charge in [-0.1, -0.05) is 42.5 Å². The van der Waals surface area contributed by atoms with Gasteiger partial charge in [0.15, 0.2) is 0 Å². The number of para-hydroxylation sites is 1. The van der Waals surface area contributed by atoms with Crippen molar-refractivity contribution in [3.63, 3.8) is 0 Å². The van der Waals surface area contributed by atoms with E-state index < -0.39 is 0 Å². The Labute approximate surface area is 149 Å². The molecule has 0 aromatic heterocycles. The molecule has 0 spiro atoms. The maximum absolute atomic E-state index is 12.5. The largest absolute Gasteiger partial charge is 0.398 e. The summed E-state index contributed by atoms with van der Waals surface area (Å²) in [5.74, 6) is 0.0182. The number of nitrogens with zero attached hydrogens (tertiary/aromatic N) is 1. The molecule has 2 N–H and O–H groups in total. The highest BCUT2D eigenvalue weighted by molar-refractivity contribution is 5.99. The lowest BCUT2D eigenvalue weighted by Crippen LogP contribution is -2.41. The maximum atomic E-state index is 12.5. The molecule has 0 atom stereocenters. The van der Waals surface area contributed by atoms with Gasteiger partial charge in [-0.05, 0) is 30.5 Å². The fourth-order valence-corrected chi connectivity index (χ4v) is 2.88. The number of anilines is 1. The van der Waals surface area contributed by atoms with E-state index in [2.05, 4.69) is 12.1 Å². The summed E-state index contributed by atoms with van der Waals surface area (Å²) < 4.78 is 5.96. The van der Waals surface area contributed by atoms with Crippen LogP contribution in [-0.4, -0.2) is 30.0 Å². The predicted molar refractivity (Wildman–Crippen MR) is 98.3 cm³/mol. The molecule has 0 bridgehead atoms. The molecular formula is C19H23ClN2O2. The van der Waals surface area contributed by atoms with Crippen LogP contribution < -0.4 is 5.73 Å². The fourth-order valence-electron chi connectivity index (χ4n) is 2.88. The molecule has 0 aliphatic carbocycles. The standard InChI is InChI=1S/C19H22N2O2.ClH/c20-18-9-5-4-8-17(18)19(22)21-12-10-16(11-13-21)23-14-15-6-2-1-3-7-15;/h1-9,16H,10-14,20H2;1H. The first-order chi connectivity index (χ1) is 11.2. The number of ether oxygens (including phenoxy) is 1. The van der Waals surface area contributed by atoms with Crippen LogP contribution in [0.25, 0.3) is 0 Å². The van der Waals surface area contributed by atoms with Crippen molar-refractivity contribution < 1.29 is 9.53 Å². The minimum Gasteiger partial charge on any atom is -0.398 e. The van der Waals surface area contributed by atoms with Gasteiger partial charge in [0.05, 0.1) is 18.3 Å². The van der Waals surface area contributed by atoms with E-state index >= 15 is 0 Å². The topological polar surface area (TPSA) is 55.6 Å². The van der Waals surface area contributed by atoms with E-state index in [9.17, 15) is 4.79 Å². The second-order valence-electron chi connectivity index (χ2n) is 5.88. The third kappa shape index (κ3) is 4.49. The Balaban J connectivity index is 0.00000208. The van der Waals surface area contributed by atoms with Crippen molar-refractivity contribution in [1.29, 1.82) is 0 Å². The number of carbonyl (C=O) groups is 1. The van der Waals surface area contributed by atoms with Gasteiger partial charge >= 0.3 is 0 Å². The maximum Gasteiger partial charge on any atom is 0.255 e. The molecule has 0 saturated carbocycles. The first-order valence-corrected chi connectivity index (χ1v) is 8.03. The number of hydrogen-bond donors (Lipinski definition) is 1. The highest BCUT2D eigenvalue weighted by Gasteiger charge is 2.24. The Hall–Kier alpha value is -2.04. The van der Waals surface area contributed by atoms with Crippen molar-refractivity contribution in [3.8, 4) is 0 Å². The van der Waals surface area contributed by atoms with Crippen LogP contribution in [0.4, 0.5) is 5.69 Å². The number of carbonyl (C=O) groups excluding carboxylic acids is 1. The van der Waals surface area contributed by atoms with Crippen LogP contribution in [0, 0.1) is 0 Å². The van der Waals surface area contributed by atoms with Gasteiger partial charge in [0.25, 0.3) is 5.91 Å². The van der Waals surface area contributed by atoms with Gasteiger partial charge in [-0.3, -0.25) is 4.79 Å². The van der Waals surface area contributed by atoms with Crippen LogP contribution in [0.5, 0.6) is 0 Å². The zero-order valence-corrected chi connectivity index (χ0v) is 14.4. The summed E-state index contributed by atoms with van der Waals surface area (Å²) >= 11 is 0. The van der Waals surface area contributed by atoms with E-state index in [1.165, 1.54) is 5.56 Å². The number of rotatable bonds is 4. The smallest absolute Gasteiger partial charge is 0.255 e. The highest BCUT2D eigenvalue weighted by Crippen LogP contribution is 2.20. The van der Waals surface area contributed by atoms with Crippen LogP contribution in [0.3, 0.4) is 0 Å². The Bertz CT molecular complexity index is 655. The predicted octanol–water partition coefficient (Wildman–Crippen LogP) is 3.51. The molecule has 1 fully saturated rings. The van der Waals surface area contributed by atoms with Crippen LogP contribution in [0.1, 0.15) is 28.8 Å².